The van der Waals surface area contributed by atoms with Gasteiger partial charge in [0.15, 0.2) is 5.78 Å². The Hall–Kier alpha value is -9.20. The highest BCUT2D eigenvalue weighted by Crippen LogP contribution is 2.45. The Morgan fingerprint density at radius 1 is 0.644 bits per heavy atom. The molecule has 460 valence electrons. The summed E-state index contributed by atoms with van der Waals surface area (Å²) in [5.74, 6) is -7.15. The summed E-state index contributed by atoms with van der Waals surface area (Å²) in [4.78, 5) is 158. The van der Waals surface area contributed by atoms with Crippen LogP contribution in [0.4, 0.5) is 0 Å². The van der Waals surface area contributed by atoms with Gasteiger partial charge in [0.1, 0.15) is 93.9 Å². The maximum absolute atomic E-state index is 15.6. The summed E-state index contributed by atoms with van der Waals surface area (Å²) in [6.07, 6.45) is -2.80. The summed E-state index contributed by atoms with van der Waals surface area (Å²) < 4.78 is 17.1. The number of ketones is 1. The molecule has 2 aromatic carbocycles. The molecule has 9 aromatic rings. The van der Waals surface area contributed by atoms with Crippen molar-refractivity contribution in [3.05, 3.63) is 147 Å². The van der Waals surface area contributed by atoms with Gasteiger partial charge in [0, 0.05) is 76.9 Å². The third kappa shape index (κ3) is 13.7. The lowest BCUT2D eigenvalue weighted by molar-refractivity contribution is -0.148. The van der Waals surface area contributed by atoms with Crippen molar-refractivity contribution in [3.63, 3.8) is 0 Å². The number of carbonyl (C=O) groups excluding carboxylic acids is 9. The average molecular weight is 1330 g/mol. The first kappa shape index (κ1) is 62.4. The van der Waals surface area contributed by atoms with Crippen LogP contribution in [0.1, 0.15) is 138 Å². The number of amides is 5. The predicted octanol–water partition coefficient (Wildman–Crippen LogP) is 8.63. The summed E-state index contributed by atoms with van der Waals surface area (Å²) in [5, 5.41) is 15.9. The summed E-state index contributed by atoms with van der Waals surface area (Å²) >= 11 is 6.88. The molecule has 10 bridgehead atoms. The summed E-state index contributed by atoms with van der Waals surface area (Å²) in [6.45, 7) is 7.19. The van der Waals surface area contributed by atoms with Gasteiger partial charge in [-0.3, -0.25) is 43.2 Å². The number of aryl methyl sites for hydroxylation is 1. The van der Waals surface area contributed by atoms with Gasteiger partial charge in [-0.25, -0.2) is 34.9 Å². The highest BCUT2D eigenvalue weighted by atomic mass is 32.1. The van der Waals surface area contributed by atoms with E-state index in [0.29, 0.717) is 64.4 Å². The molecule has 30 heteroatoms. The fourth-order valence-electron chi connectivity index (χ4n) is 10.5. The van der Waals surface area contributed by atoms with E-state index in [-0.39, 0.29) is 57.9 Å². The number of rotatable bonds is 11. The Morgan fingerprint density at radius 3 is 1.99 bits per heavy atom. The van der Waals surface area contributed by atoms with Crippen molar-refractivity contribution in [1.82, 2.24) is 50.4 Å². The number of thiazole rings is 6. The van der Waals surface area contributed by atoms with Gasteiger partial charge in [-0.2, -0.15) is 0 Å². The molecule has 2 aliphatic heterocycles. The quantitative estimate of drug-likeness (QED) is 0.0695. The van der Waals surface area contributed by atoms with Crippen LogP contribution in [0.2, 0.25) is 0 Å². The van der Waals surface area contributed by atoms with Crippen molar-refractivity contribution in [1.29, 1.82) is 0 Å². The molecule has 1 fully saturated rings. The first-order valence-corrected chi connectivity index (χ1v) is 32.8. The van der Waals surface area contributed by atoms with Crippen LogP contribution in [0.3, 0.4) is 0 Å². The third-order valence-corrected chi connectivity index (χ3v) is 20.1. The highest BCUT2D eigenvalue weighted by molar-refractivity contribution is 7.15. The normalized spacial score (nSPS) is 19.0. The number of hydrogen-bond acceptors (Lipinski definition) is 25. The molecule has 24 nitrogen and oxygen atoms in total. The highest BCUT2D eigenvalue weighted by Gasteiger charge is 2.48. The van der Waals surface area contributed by atoms with E-state index < -0.39 is 102 Å². The minimum Gasteiger partial charge on any atom is -0.460 e. The number of nitrogens with zero attached hydrogens (tertiary/aromatic N) is 8. The molecular formula is C60H52N12O12S6. The summed E-state index contributed by atoms with van der Waals surface area (Å²) in [6, 6.07) is 15.3. The Bertz CT molecular complexity index is 4290. The van der Waals surface area contributed by atoms with E-state index in [1.54, 1.807) is 84.4 Å². The molecule has 90 heavy (non-hydrogen) atoms. The zero-order chi connectivity index (χ0) is 63.7. The van der Waals surface area contributed by atoms with Gasteiger partial charge in [-0.1, -0.05) is 49.4 Å². The lowest BCUT2D eigenvalue weighted by atomic mass is 9.90. The van der Waals surface area contributed by atoms with E-state index in [0.717, 1.165) is 45.3 Å². The number of fused-ring (bicyclic) bond motifs is 16. The number of benzene rings is 2. The van der Waals surface area contributed by atoms with Crippen molar-refractivity contribution in [2.75, 3.05) is 6.54 Å². The molecule has 1 unspecified atom stereocenters. The van der Waals surface area contributed by atoms with Crippen LogP contribution in [0.15, 0.2) is 93.6 Å². The number of esters is 3. The third-order valence-electron chi connectivity index (χ3n) is 14.6. The van der Waals surface area contributed by atoms with Crippen LogP contribution in [-0.4, -0.2) is 112 Å². The number of aromatic nitrogens is 7. The standard InChI is InChI=1S/C60H52N12O12S6/c1-26-45(83-29(4)74)20-72-49(26)59-70-43(25-89-59)57-66-39(21-87-57)48-34(15-16-36(63-48)56-67-40(22-88-56)51(62)78)54-68-41(23-85-54)52(79)64-37(19-46(61)77)58-71-47(27(2)90-58)44(76)18-35(50(84-30(5)75)32-9-7-6-8-10-32)55-69-42(24-86-55)53(80)65-38(60(72)81)17-31-11-13-33(14-12-31)82-28(3)73/h6-16,21-26,35,37-38,45,49-50H,17-20H2,1-5H3,(H2,61,77)(H2,62,78)(H,64,79)(H,65,80)/t26-,35-,37-,38-,45?,49-,50+/m0/s1. The minimum absolute atomic E-state index is 0.00773. The van der Waals surface area contributed by atoms with Gasteiger partial charge >= 0.3 is 17.9 Å². The van der Waals surface area contributed by atoms with Crippen LogP contribution in [0.5, 0.6) is 5.75 Å². The second kappa shape index (κ2) is 26.5. The SMILES string of the molecule is CC(=O)Oc1ccc(C[C@@H]2NC(=O)c3csc(n3)[C@H]([C@H](OC(C)=O)c3ccccc3)CC(=O)c3nc(sc3C)[C@H](CC(N)=O)NC(=O)c3csc(n3)-c3ccc(-c4nc(C(N)=O)cs4)nc3-c3csc(n3)-c3csc(n3)[C@@H]3[C@@H](C)C(OC(C)=O)CN3C2=O)cc1. The molecule has 11 rings (SSSR count). The minimum atomic E-state index is -1.32. The van der Waals surface area contributed by atoms with Crippen LogP contribution < -0.4 is 26.8 Å². The lowest BCUT2D eigenvalue weighted by Crippen LogP contribution is -2.50. The topological polar surface area (TPSA) is 351 Å². The first-order chi connectivity index (χ1) is 43.1. The largest absolute Gasteiger partial charge is 0.460 e. The second-order valence-electron chi connectivity index (χ2n) is 21.0. The molecule has 0 aliphatic carbocycles. The van der Waals surface area contributed by atoms with E-state index in [9.17, 15) is 38.4 Å². The smallest absolute Gasteiger partial charge is 0.308 e. The molecule has 2 aliphatic rings. The molecule has 7 atom stereocenters. The van der Waals surface area contributed by atoms with Crippen LogP contribution in [0.25, 0.3) is 43.4 Å². The van der Waals surface area contributed by atoms with E-state index in [4.69, 9.17) is 55.6 Å². The van der Waals surface area contributed by atoms with Gasteiger partial charge in [0.05, 0.1) is 36.7 Å². The Balaban J connectivity index is 1.05. The molecule has 1 saturated heterocycles. The van der Waals surface area contributed by atoms with Gasteiger partial charge < -0.3 is 41.2 Å². The monoisotopic (exact) mass is 1320 g/mol. The molecule has 7 aromatic heterocycles. The van der Waals surface area contributed by atoms with E-state index in [1.165, 1.54) is 64.5 Å². The number of pyridine rings is 1. The number of hydrogen-bond donors (Lipinski definition) is 4. The van der Waals surface area contributed by atoms with Crippen molar-refractivity contribution in [2.24, 2.45) is 17.4 Å². The van der Waals surface area contributed by atoms with Crippen LogP contribution in [0, 0.1) is 12.8 Å². The van der Waals surface area contributed by atoms with Crippen LogP contribution in [-0.2, 0) is 39.9 Å². The maximum atomic E-state index is 15.6. The van der Waals surface area contributed by atoms with E-state index in [2.05, 4.69) is 15.6 Å². The van der Waals surface area contributed by atoms with Crippen molar-refractivity contribution in [2.45, 2.75) is 90.1 Å². The molecule has 0 spiro atoms. The van der Waals surface area contributed by atoms with Gasteiger partial charge in [-0.05, 0) is 42.3 Å². The molecule has 9 heterocycles. The number of nitrogens with one attached hydrogen (secondary N) is 2. The average Bonchev–Trinajstić information content (AvgIpc) is 1.67. The zero-order valence-electron chi connectivity index (χ0n) is 48.2. The fraction of sp³-hybridized carbons (Fsp3) is 0.267. The summed E-state index contributed by atoms with van der Waals surface area (Å²) in [5.41, 5.74) is 14.3. The molecular weight excluding hydrogens is 1270 g/mol. The maximum Gasteiger partial charge on any atom is 0.308 e. The number of nitrogens with two attached hydrogens (primary N) is 2. The van der Waals surface area contributed by atoms with Crippen LogP contribution >= 0.6 is 68.0 Å². The Kier molecular flexibility index (Phi) is 18.4. The molecule has 6 N–H and O–H groups in total. The van der Waals surface area contributed by atoms with Gasteiger partial charge in [-0.15, -0.1) is 68.0 Å². The van der Waals surface area contributed by atoms with Crippen molar-refractivity contribution in [3.8, 4) is 49.1 Å². The zero-order valence-corrected chi connectivity index (χ0v) is 53.1. The number of carbonyl (C=O) groups is 9. The predicted molar refractivity (Wildman–Crippen MR) is 335 cm³/mol. The molecule has 0 saturated carbocycles. The Labute approximate surface area is 536 Å². The van der Waals surface area contributed by atoms with E-state index >= 15 is 4.79 Å². The van der Waals surface area contributed by atoms with Gasteiger partial charge in [0.2, 0.25) is 11.8 Å². The first-order valence-electron chi connectivity index (χ1n) is 27.6. The molecule has 5 amide bonds. The Morgan fingerprint density at radius 2 is 1.29 bits per heavy atom. The van der Waals surface area contributed by atoms with Crippen molar-refractivity contribution >= 4 is 121 Å². The van der Waals surface area contributed by atoms with E-state index in [1.807, 2.05) is 6.92 Å². The summed E-state index contributed by atoms with van der Waals surface area (Å²) in [7, 11) is 0. The number of ether oxygens (including phenoxy) is 3. The fourth-order valence-corrected chi connectivity index (χ4v) is 15.8. The second-order valence-corrected chi connectivity index (χ2v) is 26.5. The lowest BCUT2D eigenvalue weighted by Gasteiger charge is -2.29. The number of Topliss-reactive ketones (excluding diaryl/α,β-unsaturated/α-hetero) is 1. The van der Waals surface area contributed by atoms with Gasteiger partial charge in [0.25, 0.3) is 17.7 Å². The van der Waals surface area contributed by atoms with Crippen molar-refractivity contribution < 1.29 is 57.4 Å². The molecule has 0 radical (unpaired) electrons. The number of primary amides is 2.